The molecule has 0 saturated carbocycles. The third-order valence-electron chi connectivity index (χ3n) is 5.06. The van der Waals surface area contributed by atoms with Crippen LogP contribution >= 0.6 is 43.8 Å². The van der Waals surface area contributed by atoms with E-state index in [-0.39, 0.29) is 18.0 Å². The summed E-state index contributed by atoms with van der Waals surface area (Å²) in [6, 6.07) is 9.70. The lowest BCUT2D eigenvalue weighted by Gasteiger charge is -2.15. The molecule has 0 amide bonds. The molecule has 0 spiro atoms. The normalized spacial score (nSPS) is 12.0. The summed E-state index contributed by atoms with van der Waals surface area (Å²) in [5, 5.41) is 0. The van der Waals surface area contributed by atoms with Crippen molar-refractivity contribution in [3.63, 3.8) is 0 Å². The minimum atomic E-state index is -1.57. The van der Waals surface area contributed by atoms with Crippen molar-refractivity contribution < 1.29 is 28.4 Å². The first-order valence-corrected chi connectivity index (χ1v) is 16.0. The van der Waals surface area contributed by atoms with Crippen LogP contribution in [0.25, 0.3) is 11.2 Å². The first kappa shape index (κ1) is 36.2. The summed E-state index contributed by atoms with van der Waals surface area (Å²) < 4.78 is 24.5. The monoisotopic (exact) mass is 634 g/mol. The second-order valence-corrected chi connectivity index (χ2v) is 10.7. The maximum atomic E-state index is 11.2. The quantitative estimate of drug-likeness (QED) is 0.0423. The molecule has 0 saturated heterocycles. The molecular formula is C24H39N6O6PS3. The number of benzene rings is 1. The average molecular weight is 635 g/mol. The molecule has 0 aliphatic carbocycles. The van der Waals surface area contributed by atoms with Crippen molar-refractivity contribution in [2.24, 2.45) is 7.05 Å². The molecule has 16 heteroatoms. The lowest BCUT2D eigenvalue weighted by Crippen LogP contribution is -2.16. The number of ether oxygens (including phenoxy) is 3. The number of hydrogen-bond donors (Lipinski definition) is 5. The zero-order chi connectivity index (χ0) is 29.8. The zero-order valence-electron chi connectivity index (χ0n) is 23.1. The van der Waals surface area contributed by atoms with Crippen molar-refractivity contribution in [2.45, 2.75) is 45.3 Å². The number of hydrogen-bond acceptors (Lipinski definition) is 14. The van der Waals surface area contributed by atoms with Crippen molar-refractivity contribution in [1.82, 2.24) is 24.0 Å². The van der Waals surface area contributed by atoms with E-state index in [4.69, 9.17) is 29.4 Å². The van der Waals surface area contributed by atoms with Gasteiger partial charge in [-0.1, -0.05) is 48.9 Å². The van der Waals surface area contributed by atoms with Gasteiger partial charge in [0.15, 0.2) is 11.2 Å². The van der Waals surface area contributed by atoms with Crippen LogP contribution in [0.3, 0.4) is 0 Å². The van der Waals surface area contributed by atoms with Crippen LogP contribution < -0.4 is 15.0 Å². The highest BCUT2D eigenvalue weighted by Gasteiger charge is 2.11. The molecule has 12 nitrogen and oxygen atoms in total. The predicted molar refractivity (Wildman–Crippen MR) is 167 cm³/mol. The number of carbonyl (C=O) groups is 1. The van der Waals surface area contributed by atoms with E-state index in [2.05, 4.69) is 43.7 Å². The highest BCUT2D eigenvalue weighted by atomic mass is 33.1. The van der Waals surface area contributed by atoms with E-state index in [1.807, 2.05) is 44.3 Å². The molecule has 224 valence electrons. The summed E-state index contributed by atoms with van der Waals surface area (Å²) in [5.74, 6) is 1.29. The van der Waals surface area contributed by atoms with Crippen LogP contribution in [0.2, 0.25) is 0 Å². The number of imidazole rings is 1. The Labute approximate surface area is 251 Å². The smallest absolute Gasteiger partial charge is 0.306 e. The number of rotatable bonds is 14. The third kappa shape index (κ3) is 14.7. The second-order valence-electron chi connectivity index (χ2n) is 7.96. The van der Waals surface area contributed by atoms with Gasteiger partial charge in [-0.2, -0.15) is 27.1 Å². The van der Waals surface area contributed by atoms with Crippen LogP contribution in [0.15, 0.2) is 36.7 Å². The summed E-state index contributed by atoms with van der Waals surface area (Å²) in [6.07, 6.45) is 4.87. The van der Waals surface area contributed by atoms with Gasteiger partial charge in [0.1, 0.15) is 6.61 Å². The average Bonchev–Trinajstić information content (AvgIpc) is 3.33. The van der Waals surface area contributed by atoms with Gasteiger partial charge in [0.25, 0.3) is 8.53 Å². The van der Waals surface area contributed by atoms with Gasteiger partial charge in [0.05, 0.1) is 26.1 Å². The predicted octanol–water partition coefficient (Wildman–Crippen LogP) is 4.51. The van der Waals surface area contributed by atoms with Crippen LogP contribution in [0.4, 0.5) is 5.95 Å². The molecule has 2 atom stereocenters. The summed E-state index contributed by atoms with van der Waals surface area (Å²) in [6.45, 7) is 2.77. The van der Waals surface area contributed by atoms with Crippen molar-refractivity contribution >= 4 is 66.9 Å². The molecule has 0 radical (unpaired) electrons. The molecule has 4 N–H and O–H groups in total. The Hall–Kier alpha value is -1.84. The lowest BCUT2D eigenvalue weighted by atomic mass is 10.2. The van der Waals surface area contributed by atoms with Crippen LogP contribution in [-0.4, -0.2) is 63.1 Å². The Balaban J connectivity index is 0.000000302. The SMILES string of the molecule is CCC(COP(O)NSS)OC.COc1nc(N)nc2c1ncn2C.O=C(CCCCS)OCc1ccccc1. The second kappa shape index (κ2) is 21.8. The highest BCUT2D eigenvalue weighted by molar-refractivity contribution is 8.68. The standard InChI is InChI=1S/C12H16O2S.C7H9N5O.C5H14NO3PS2/c13-12(8-4-5-9-15)14-10-11-6-2-1-3-7-11;1-12-3-9-4-5(12)10-7(8)11-6(4)13-2;1-3-5(8-2)4-9-10(7)6-12-11/h1-3,6-7,15H,4-5,8-10H2;3H,1-2H3,(H2,8,10,11);5-7,11H,3-4H2,1-2H3. The van der Waals surface area contributed by atoms with Gasteiger partial charge in [0, 0.05) is 20.6 Å². The number of nitrogens with one attached hydrogen (secondary N) is 1. The molecule has 0 fully saturated rings. The van der Waals surface area contributed by atoms with Crippen molar-refractivity contribution in [2.75, 3.05) is 32.3 Å². The number of fused-ring (bicyclic) bond motifs is 1. The number of unbranched alkanes of at least 4 members (excludes halogenated alkanes) is 1. The maximum Gasteiger partial charge on any atom is 0.306 e. The molecule has 2 aromatic heterocycles. The van der Waals surface area contributed by atoms with Crippen LogP contribution in [0, 0.1) is 0 Å². The molecule has 2 unspecified atom stereocenters. The number of aryl methyl sites for hydroxylation is 1. The number of methoxy groups -OCH3 is 2. The molecule has 0 aliphatic rings. The van der Waals surface area contributed by atoms with E-state index >= 15 is 0 Å². The zero-order valence-corrected chi connectivity index (χ0v) is 26.6. The Morgan fingerprint density at radius 2 is 1.98 bits per heavy atom. The van der Waals surface area contributed by atoms with E-state index in [0.717, 1.165) is 41.6 Å². The van der Waals surface area contributed by atoms with Crippen molar-refractivity contribution in [3.05, 3.63) is 42.2 Å². The van der Waals surface area contributed by atoms with Gasteiger partial charge >= 0.3 is 5.97 Å². The number of aromatic nitrogens is 4. The topological polar surface area (TPSA) is 156 Å². The van der Waals surface area contributed by atoms with E-state index < -0.39 is 8.53 Å². The van der Waals surface area contributed by atoms with E-state index in [9.17, 15) is 4.79 Å². The molecule has 3 aromatic rings. The van der Waals surface area contributed by atoms with Gasteiger partial charge in [-0.3, -0.25) is 4.79 Å². The Morgan fingerprint density at radius 1 is 1.25 bits per heavy atom. The number of carbonyl (C=O) groups excluding carboxylic acids is 1. The number of anilines is 1. The van der Waals surface area contributed by atoms with Crippen LogP contribution in [0.5, 0.6) is 5.88 Å². The fraction of sp³-hybridized carbons (Fsp3) is 0.500. The van der Waals surface area contributed by atoms with Crippen molar-refractivity contribution in [3.8, 4) is 5.88 Å². The number of thiol groups is 2. The van der Waals surface area contributed by atoms with Crippen LogP contribution in [-0.2, 0) is 32.4 Å². The van der Waals surface area contributed by atoms with Gasteiger partial charge in [0.2, 0.25) is 11.8 Å². The fourth-order valence-corrected chi connectivity index (χ4v) is 4.55. The minimum Gasteiger partial charge on any atom is -0.479 e. The first-order chi connectivity index (χ1) is 19.3. The molecule has 1 aromatic carbocycles. The van der Waals surface area contributed by atoms with Gasteiger partial charge < -0.3 is 33.9 Å². The van der Waals surface area contributed by atoms with E-state index in [1.54, 1.807) is 18.0 Å². The minimum absolute atomic E-state index is 0.0499. The molecule has 3 rings (SSSR count). The number of esters is 1. The summed E-state index contributed by atoms with van der Waals surface area (Å²) >= 11 is 7.88. The van der Waals surface area contributed by atoms with Crippen LogP contribution in [0.1, 0.15) is 38.2 Å². The Morgan fingerprint density at radius 3 is 2.58 bits per heavy atom. The lowest BCUT2D eigenvalue weighted by molar-refractivity contribution is -0.145. The Bertz CT molecular complexity index is 1100. The first-order valence-electron chi connectivity index (χ1n) is 12.3. The molecule has 0 bridgehead atoms. The van der Waals surface area contributed by atoms with Gasteiger partial charge in [-0.15, -0.1) is 0 Å². The summed E-state index contributed by atoms with van der Waals surface area (Å²) in [4.78, 5) is 32.4. The molecular weight excluding hydrogens is 595 g/mol. The maximum absolute atomic E-state index is 11.2. The highest BCUT2D eigenvalue weighted by Crippen LogP contribution is 2.30. The molecule has 2 heterocycles. The van der Waals surface area contributed by atoms with Gasteiger partial charge in [-0.05, 0) is 41.6 Å². The summed E-state index contributed by atoms with van der Waals surface area (Å²) in [7, 11) is 4.45. The number of nitrogens with zero attached hydrogens (tertiary/aromatic N) is 4. The summed E-state index contributed by atoms with van der Waals surface area (Å²) in [5.41, 5.74) is 7.81. The molecule has 40 heavy (non-hydrogen) atoms. The van der Waals surface area contributed by atoms with Gasteiger partial charge in [-0.25, -0.2) is 4.98 Å². The van der Waals surface area contributed by atoms with E-state index in [0.29, 0.717) is 36.7 Å². The number of nitrogens with two attached hydrogens (primary N) is 1. The molecule has 0 aliphatic heterocycles. The largest absolute Gasteiger partial charge is 0.479 e. The van der Waals surface area contributed by atoms with Crippen molar-refractivity contribution in [1.29, 1.82) is 0 Å². The Kier molecular flexibility index (Phi) is 19.8. The van der Waals surface area contributed by atoms with E-state index in [1.165, 1.54) is 7.11 Å². The fourth-order valence-electron chi connectivity index (χ4n) is 2.90. The third-order valence-corrected chi connectivity index (χ3v) is 7.46. The number of nitrogen functional groups attached to an aromatic ring is 1.